The number of carbonyl (C=O) groups excluding carboxylic acids is 1. The van der Waals surface area contributed by atoms with Gasteiger partial charge in [-0.15, -0.1) is 0 Å². The summed E-state index contributed by atoms with van der Waals surface area (Å²) < 4.78 is 0. The highest BCUT2D eigenvalue weighted by molar-refractivity contribution is 5.95. The van der Waals surface area contributed by atoms with E-state index in [1.807, 2.05) is 6.92 Å². The normalized spacial score (nSPS) is 14.9. The molecule has 0 bridgehead atoms. The number of benzene rings is 1. The zero-order valence-electron chi connectivity index (χ0n) is 9.69. The number of anilines is 1. The monoisotopic (exact) mass is 235 g/mol. The fourth-order valence-electron chi connectivity index (χ4n) is 2.02. The van der Waals surface area contributed by atoms with Gasteiger partial charge >= 0.3 is 6.03 Å². The molecule has 6 nitrogen and oxygen atoms in total. The van der Waals surface area contributed by atoms with Gasteiger partial charge in [0, 0.05) is 24.7 Å². The van der Waals surface area contributed by atoms with Crippen molar-refractivity contribution in [1.82, 2.24) is 5.32 Å². The quantitative estimate of drug-likeness (QED) is 0.626. The Morgan fingerprint density at radius 2 is 2.06 bits per heavy atom. The summed E-state index contributed by atoms with van der Waals surface area (Å²) in [6, 6.07) is 3.00. The fourth-order valence-corrected chi connectivity index (χ4v) is 2.02. The van der Waals surface area contributed by atoms with Gasteiger partial charge in [0.2, 0.25) is 0 Å². The molecule has 1 aliphatic heterocycles. The molecule has 6 heteroatoms. The van der Waals surface area contributed by atoms with Crippen molar-refractivity contribution in [1.29, 1.82) is 0 Å². The number of rotatable bonds is 2. The lowest BCUT2D eigenvalue weighted by molar-refractivity contribution is -0.385. The number of nitrogens with one attached hydrogen (secondary N) is 1. The number of carbonyl (C=O) groups is 1. The SMILES string of the molecule is Cc1cc(C)c([N+](=O)[O-])cc1N1CCNC1=O. The smallest absolute Gasteiger partial charge is 0.322 e. The van der Waals surface area contributed by atoms with Crippen molar-refractivity contribution in [2.45, 2.75) is 13.8 Å². The van der Waals surface area contributed by atoms with Gasteiger partial charge in [0.05, 0.1) is 10.6 Å². The number of nitro groups is 1. The van der Waals surface area contributed by atoms with Crippen molar-refractivity contribution in [3.63, 3.8) is 0 Å². The minimum Gasteiger partial charge on any atom is -0.336 e. The minimum absolute atomic E-state index is 0.0466. The predicted octanol–water partition coefficient (Wildman–Crippen LogP) is 1.74. The average Bonchev–Trinajstić information content (AvgIpc) is 2.64. The van der Waals surface area contributed by atoms with Gasteiger partial charge in [-0.2, -0.15) is 0 Å². The van der Waals surface area contributed by atoms with Gasteiger partial charge in [0.15, 0.2) is 0 Å². The van der Waals surface area contributed by atoms with Gasteiger partial charge in [-0.1, -0.05) is 0 Å². The lowest BCUT2D eigenvalue weighted by Gasteiger charge is -2.17. The van der Waals surface area contributed by atoms with Crippen LogP contribution in [0.15, 0.2) is 12.1 Å². The molecular formula is C11H13N3O3. The van der Waals surface area contributed by atoms with Crippen molar-refractivity contribution < 1.29 is 9.72 Å². The van der Waals surface area contributed by atoms with Crippen LogP contribution in [0.4, 0.5) is 16.2 Å². The van der Waals surface area contributed by atoms with E-state index in [-0.39, 0.29) is 11.7 Å². The zero-order chi connectivity index (χ0) is 12.6. The molecule has 0 radical (unpaired) electrons. The molecule has 1 N–H and O–H groups in total. The number of urea groups is 1. The van der Waals surface area contributed by atoms with Crippen molar-refractivity contribution in [2.24, 2.45) is 0 Å². The largest absolute Gasteiger partial charge is 0.336 e. The van der Waals surface area contributed by atoms with Crippen LogP contribution in [0, 0.1) is 24.0 Å². The Bertz CT molecular complexity index is 499. The molecule has 1 saturated heterocycles. The van der Waals surface area contributed by atoms with Crippen LogP contribution in [0.25, 0.3) is 0 Å². The summed E-state index contributed by atoms with van der Waals surface area (Å²) in [4.78, 5) is 23.5. The Labute approximate surface area is 98.4 Å². The van der Waals surface area contributed by atoms with E-state index in [1.165, 1.54) is 11.0 Å². The molecule has 0 unspecified atom stereocenters. The first-order valence-corrected chi connectivity index (χ1v) is 5.31. The molecule has 0 aromatic heterocycles. The van der Waals surface area contributed by atoms with Gasteiger partial charge < -0.3 is 5.32 Å². The maximum atomic E-state index is 11.5. The highest BCUT2D eigenvalue weighted by atomic mass is 16.6. The summed E-state index contributed by atoms with van der Waals surface area (Å²) >= 11 is 0. The van der Waals surface area contributed by atoms with Crippen LogP contribution in [0.1, 0.15) is 11.1 Å². The predicted molar refractivity (Wildman–Crippen MR) is 63.3 cm³/mol. The van der Waals surface area contributed by atoms with Gasteiger partial charge in [-0.25, -0.2) is 4.79 Å². The van der Waals surface area contributed by atoms with Crippen LogP contribution in [-0.2, 0) is 0 Å². The van der Waals surface area contributed by atoms with Crippen molar-refractivity contribution in [2.75, 3.05) is 18.0 Å². The molecule has 2 rings (SSSR count). The average molecular weight is 235 g/mol. The first kappa shape index (κ1) is 11.4. The van der Waals surface area contributed by atoms with Crippen LogP contribution >= 0.6 is 0 Å². The lowest BCUT2D eigenvalue weighted by Crippen LogP contribution is -2.28. The molecule has 90 valence electrons. The number of amides is 2. The summed E-state index contributed by atoms with van der Waals surface area (Å²) in [5, 5.41) is 13.5. The zero-order valence-corrected chi connectivity index (χ0v) is 9.69. The summed E-state index contributed by atoms with van der Waals surface area (Å²) in [6.07, 6.45) is 0. The van der Waals surface area contributed by atoms with Gasteiger partial charge in [-0.3, -0.25) is 15.0 Å². The van der Waals surface area contributed by atoms with Crippen LogP contribution in [0.3, 0.4) is 0 Å². The molecular weight excluding hydrogens is 222 g/mol. The van der Waals surface area contributed by atoms with E-state index >= 15 is 0 Å². The topological polar surface area (TPSA) is 75.5 Å². The molecule has 1 aromatic carbocycles. The highest BCUT2D eigenvalue weighted by Gasteiger charge is 2.25. The highest BCUT2D eigenvalue weighted by Crippen LogP contribution is 2.29. The van der Waals surface area contributed by atoms with Crippen molar-refractivity contribution >= 4 is 17.4 Å². The van der Waals surface area contributed by atoms with Crippen molar-refractivity contribution in [3.05, 3.63) is 33.4 Å². The molecule has 1 aliphatic rings. The Kier molecular flexibility index (Phi) is 2.71. The molecule has 1 fully saturated rings. The minimum atomic E-state index is -0.424. The third-order valence-corrected chi connectivity index (χ3v) is 2.86. The molecule has 0 saturated carbocycles. The lowest BCUT2D eigenvalue weighted by atomic mass is 10.1. The maximum absolute atomic E-state index is 11.5. The number of nitro benzene ring substituents is 1. The summed E-state index contributed by atoms with van der Waals surface area (Å²) in [5.41, 5.74) is 2.13. The second kappa shape index (κ2) is 4.04. The number of aryl methyl sites for hydroxylation is 2. The summed E-state index contributed by atoms with van der Waals surface area (Å²) in [6.45, 7) is 4.65. The van der Waals surface area contributed by atoms with E-state index < -0.39 is 4.92 Å². The second-order valence-electron chi connectivity index (χ2n) is 4.07. The van der Waals surface area contributed by atoms with E-state index in [4.69, 9.17) is 0 Å². The second-order valence-corrected chi connectivity index (χ2v) is 4.07. The van der Waals surface area contributed by atoms with E-state index in [2.05, 4.69) is 5.32 Å². The maximum Gasteiger partial charge on any atom is 0.322 e. The van der Waals surface area contributed by atoms with Crippen LogP contribution in [-0.4, -0.2) is 24.0 Å². The first-order chi connectivity index (χ1) is 8.00. The Hall–Kier alpha value is -2.11. The van der Waals surface area contributed by atoms with Gasteiger partial charge in [0.25, 0.3) is 5.69 Å². The number of hydrogen-bond donors (Lipinski definition) is 1. The van der Waals surface area contributed by atoms with Crippen LogP contribution < -0.4 is 10.2 Å². The van der Waals surface area contributed by atoms with E-state index in [1.54, 1.807) is 13.0 Å². The number of hydrogen-bond acceptors (Lipinski definition) is 3. The molecule has 2 amide bonds. The van der Waals surface area contributed by atoms with E-state index in [0.29, 0.717) is 24.3 Å². The Balaban J connectivity index is 2.50. The molecule has 1 aromatic rings. The van der Waals surface area contributed by atoms with Crippen LogP contribution in [0.2, 0.25) is 0 Å². The standard InChI is InChI=1S/C11H13N3O3/c1-7-5-8(2)10(14(16)17)6-9(7)13-4-3-12-11(13)15/h5-6H,3-4H2,1-2H3,(H,12,15). The molecule has 0 atom stereocenters. The van der Waals surface area contributed by atoms with E-state index in [0.717, 1.165) is 5.56 Å². The molecule has 0 spiro atoms. The van der Waals surface area contributed by atoms with Gasteiger partial charge in [0.1, 0.15) is 0 Å². The molecule has 0 aliphatic carbocycles. The molecule has 17 heavy (non-hydrogen) atoms. The summed E-state index contributed by atoms with van der Waals surface area (Å²) in [5.74, 6) is 0. The van der Waals surface area contributed by atoms with Gasteiger partial charge in [-0.05, 0) is 25.5 Å². The first-order valence-electron chi connectivity index (χ1n) is 5.31. The number of nitrogens with zero attached hydrogens (tertiary/aromatic N) is 2. The van der Waals surface area contributed by atoms with Crippen molar-refractivity contribution in [3.8, 4) is 0 Å². The summed E-state index contributed by atoms with van der Waals surface area (Å²) in [7, 11) is 0. The third-order valence-electron chi connectivity index (χ3n) is 2.86. The fraction of sp³-hybridized carbons (Fsp3) is 0.364. The molecule has 1 heterocycles. The Morgan fingerprint density at radius 3 is 2.59 bits per heavy atom. The third kappa shape index (κ3) is 1.93. The Morgan fingerprint density at radius 1 is 1.35 bits per heavy atom. The van der Waals surface area contributed by atoms with Crippen LogP contribution in [0.5, 0.6) is 0 Å². The van der Waals surface area contributed by atoms with E-state index in [9.17, 15) is 14.9 Å².